The van der Waals surface area contributed by atoms with Crippen LogP contribution in [0.2, 0.25) is 0 Å². The summed E-state index contributed by atoms with van der Waals surface area (Å²) in [6, 6.07) is 5.26. The molecule has 2 atom stereocenters. The molecule has 0 aromatic heterocycles. The third-order valence-electron chi connectivity index (χ3n) is 3.21. The Bertz CT molecular complexity index is 376. The molecule has 0 amide bonds. The van der Waals surface area contributed by atoms with E-state index in [0.717, 1.165) is 10.0 Å². The molecule has 3 heteroatoms. The Morgan fingerprint density at radius 3 is 2.43 bits per heavy atom. The molecular weight excluding hydrogens is 245 g/mol. The maximum absolute atomic E-state index is 13.6. The smallest absolute Gasteiger partial charge is 0.127 e. The fourth-order valence-corrected chi connectivity index (χ4v) is 2.36. The Morgan fingerprint density at radius 1 is 1.43 bits per heavy atom. The Morgan fingerprint density at radius 2 is 2.00 bits per heavy atom. The van der Waals surface area contributed by atoms with Gasteiger partial charge in [0.1, 0.15) is 5.82 Å². The van der Waals surface area contributed by atoms with E-state index in [9.17, 15) is 4.39 Å². The fourth-order valence-electron chi connectivity index (χ4n) is 2.03. The van der Waals surface area contributed by atoms with Crippen LogP contribution in [0.4, 0.5) is 4.39 Å². The molecule has 14 heavy (non-hydrogen) atoms. The van der Waals surface area contributed by atoms with Crippen LogP contribution in [0.3, 0.4) is 0 Å². The molecule has 2 N–H and O–H groups in total. The normalized spacial score (nSPS) is 28.9. The van der Waals surface area contributed by atoms with Gasteiger partial charge in [-0.1, -0.05) is 35.8 Å². The van der Waals surface area contributed by atoms with Crippen LogP contribution < -0.4 is 5.73 Å². The molecule has 1 aromatic carbocycles. The summed E-state index contributed by atoms with van der Waals surface area (Å²) in [4.78, 5) is 0. The zero-order valence-electron chi connectivity index (χ0n) is 8.22. The van der Waals surface area contributed by atoms with E-state index in [2.05, 4.69) is 29.8 Å². The van der Waals surface area contributed by atoms with Crippen molar-refractivity contribution in [3.8, 4) is 0 Å². The summed E-state index contributed by atoms with van der Waals surface area (Å²) in [6.07, 6.45) is 0. The van der Waals surface area contributed by atoms with Gasteiger partial charge in [0, 0.05) is 16.4 Å². The molecule has 76 valence electrons. The first-order chi connectivity index (χ1) is 6.44. The van der Waals surface area contributed by atoms with Crippen LogP contribution in [-0.4, -0.2) is 6.04 Å². The number of halogens is 2. The lowest BCUT2D eigenvalue weighted by atomic mass is 10.0. The lowest BCUT2D eigenvalue weighted by Crippen LogP contribution is -2.06. The third-order valence-corrected chi connectivity index (χ3v) is 3.70. The first-order valence-electron chi connectivity index (χ1n) is 4.65. The lowest BCUT2D eigenvalue weighted by Gasteiger charge is -2.04. The van der Waals surface area contributed by atoms with Crippen LogP contribution in [0.25, 0.3) is 0 Å². The SMILES string of the molecule is CC1(C)C(N)C1c1ccc(Br)cc1F. The molecule has 1 saturated carbocycles. The molecule has 0 spiro atoms. The van der Waals surface area contributed by atoms with E-state index in [1.165, 1.54) is 6.07 Å². The molecule has 0 saturated heterocycles. The van der Waals surface area contributed by atoms with Crippen LogP contribution in [0.5, 0.6) is 0 Å². The second-order valence-corrected chi connectivity index (χ2v) is 5.41. The van der Waals surface area contributed by atoms with Crippen molar-refractivity contribution < 1.29 is 4.39 Å². The highest BCUT2D eigenvalue weighted by atomic mass is 79.9. The van der Waals surface area contributed by atoms with Gasteiger partial charge in [-0.15, -0.1) is 0 Å². The van der Waals surface area contributed by atoms with E-state index in [1.54, 1.807) is 0 Å². The largest absolute Gasteiger partial charge is 0.327 e. The minimum absolute atomic E-state index is 0.0364. The van der Waals surface area contributed by atoms with Gasteiger partial charge in [0.15, 0.2) is 0 Å². The van der Waals surface area contributed by atoms with Crippen molar-refractivity contribution in [1.82, 2.24) is 0 Å². The van der Waals surface area contributed by atoms with Gasteiger partial charge in [-0.3, -0.25) is 0 Å². The van der Waals surface area contributed by atoms with Gasteiger partial charge in [0.05, 0.1) is 0 Å². The average molecular weight is 258 g/mol. The number of rotatable bonds is 1. The van der Waals surface area contributed by atoms with Gasteiger partial charge in [-0.25, -0.2) is 4.39 Å². The number of hydrogen-bond acceptors (Lipinski definition) is 1. The van der Waals surface area contributed by atoms with Crippen LogP contribution >= 0.6 is 15.9 Å². The Labute approximate surface area is 91.6 Å². The Kier molecular flexibility index (Phi) is 2.20. The van der Waals surface area contributed by atoms with Gasteiger partial charge < -0.3 is 5.73 Å². The van der Waals surface area contributed by atoms with E-state index in [0.29, 0.717) is 0 Å². The van der Waals surface area contributed by atoms with Gasteiger partial charge in [-0.05, 0) is 23.1 Å². The second kappa shape index (κ2) is 3.04. The molecule has 2 unspecified atom stereocenters. The van der Waals surface area contributed by atoms with E-state index in [-0.39, 0.29) is 23.2 Å². The minimum atomic E-state index is -0.162. The molecule has 1 fully saturated rings. The van der Waals surface area contributed by atoms with Crippen molar-refractivity contribution in [1.29, 1.82) is 0 Å². The van der Waals surface area contributed by atoms with Crippen molar-refractivity contribution in [2.24, 2.45) is 11.1 Å². The summed E-state index contributed by atoms with van der Waals surface area (Å²) in [5, 5.41) is 0. The maximum Gasteiger partial charge on any atom is 0.127 e. The van der Waals surface area contributed by atoms with E-state index in [4.69, 9.17) is 5.73 Å². The highest BCUT2D eigenvalue weighted by molar-refractivity contribution is 9.10. The lowest BCUT2D eigenvalue weighted by molar-refractivity contribution is 0.571. The molecule has 2 rings (SSSR count). The van der Waals surface area contributed by atoms with Crippen LogP contribution in [0.1, 0.15) is 25.3 Å². The highest BCUT2D eigenvalue weighted by Gasteiger charge is 2.56. The molecule has 1 aliphatic carbocycles. The molecule has 1 nitrogen and oxygen atoms in total. The quantitative estimate of drug-likeness (QED) is 0.823. The van der Waals surface area contributed by atoms with Crippen LogP contribution in [0, 0.1) is 11.2 Å². The van der Waals surface area contributed by atoms with Crippen molar-refractivity contribution in [2.45, 2.75) is 25.8 Å². The number of benzene rings is 1. The Hall–Kier alpha value is -0.410. The monoisotopic (exact) mass is 257 g/mol. The predicted molar refractivity (Wildman–Crippen MR) is 58.6 cm³/mol. The first-order valence-corrected chi connectivity index (χ1v) is 5.44. The van der Waals surface area contributed by atoms with E-state index in [1.807, 2.05) is 12.1 Å². The zero-order valence-corrected chi connectivity index (χ0v) is 9.81. The topological polar surface area (TPSA) is 26.0 Å². The van der Waals surface area contributed by atoms with Crippen LogP contribution in [-0.2, 0) is 0 Å². The highest BCUT2D eigenvalue weighted by Crippen LogP contribution is 2.57. The molecule has 0 radical (unpaired) electrons. The van der Waals surface area contributed by atoms with Gasteiger partial charge in [0.25, 0.3) is 0 Å². The molecule has 0 heterocycles. The van der Waals surface area contributed by atoms with E-state index < -0.39 is 0 Å². The predicted octanol–water partition coefficient (Wildman–Crippen LogP) is 3.04. The minimum Gasteiger partial charge on any atom is -0.327 e. The molecule has 1 aromatic rings. The van der Waals surface area contributed by atoms with Gasteiger partial charge in [-0.2, -0.15) is 0 Å². The summed E-state index contributed by atoms with van der Waals surface area (Å²) < 4.78 is 14.3. The second-order valence-electron chi connectivity index (χ2n) is 4.49. The Balaban J connectivity index is 2.36. The first kappa shape index (κ1) is 10.1. The number of nitrogens with two attached hydrogens (primary N) is 1. The number of hydrogen-bond donors (Lipinski definition) is 1. The average Bonchev–Trinajstić information content (AvgIpc) is 2.54. The van der Waals surface area contributed by atoms with Crippen molar-refractivity contribution in [3.05, 3.63) is 34.1 Å². The molecule has 1 aliphatic rings. The van der Waals surface area contributed by atoms with Crippen molar-refractivity contribution >= 4 is 15.9 Å². The maximum atomic E-state index is 13.6. The van der Waals surface area contributed by atoms with E-state index >= 15 is 0 Å². The summed E-state index contributed by atoms with van der Waals surface area (Å²) in [5.41, 5.74) is 6.68. The summed E-state index contributed by atoms with van der Waals surface area (Å²) in [7, 11) is 0. The fraction of sp³-hybridized carbons (Fsp3) is 0.455. The molecule has 0 bridgehead atoms. The van der Waals surface area contributed by atoms with Gasteiger partial charge >= 0.3 is 0 Å². The van der Waals surface area contributed by atoms with Crippen molar-refractivity contribution in [3.63, 3.8) is 0 Å². The van der Waals surface area contributed by atoms with Gasteiger partial charge in [0.2, 0.25) is 0 Å². The zero-order chi connectivity index (χ0) is 10.5. The molecule has 0 aliphatic heterocycles. The summed E-state index contributed by atoms with van der Waals surface area (Å²) in [5.74, 6) is 0.000926. The van der Waals surface area contributed by atoms with Crippen LogP contribution in [0.15, 0.2) is 22.7 Å². The third kappa shape index (κ3) is 1.39. The molecular formula is C11H13BrFN. The van der Waals surface area contributed by atoms with Crippen molar-refractivity contribution in [2.75, 3.05) is 0 Å². The summed E-state index contributed by atoms with van der Waals surface area (Å²) >= 11 is 3.24. The summed E-state index contributed by atoms with van der Waals surface area (Å²) in [6.45, 7) is 4.15. The standard InChI is InChI=1S/C11H13BrFN/c1-11(2)9(10(11)14)7-4-3-6(12)5-8(7)13/h3-5,9-10H,14H2,1-2H3.